The summed E-state index contributed by atoms with van der Waals surface area (Å²) in [4.78, 5) is 14.6. The Bertz CT molecular complexity index is 378. The minimum atomic E-state index is -0.0650. The number of ether oxygens (including phenoxy) is 1. The first-order chi connectivity index (χ1) is 7.66. The summed E-state index contributed by atoms with van der Waals surface area (Å²) < 4.78 is 6.33. The van der Waals surface area contributed by atoms with Gasteiger partial charge in [0.25, 0.3) is 5.91 Å². The Hall–Kier alpha value is -0.810. The molecule has 1 amide bonds. The third kappa shape index (κ3) is 2.65. The minimum Gasteiger partial charge on any atom is -0.378 e. The molecule has 0 bridgehead atoms. The smallest absolute Gasteiger partial charge is 0.267 e. The van der Waals surface area contributed by atoms with Crippen LogP contribution in [-0.2, 0) is 4.74 Å². The van der Waals surface area contributed by atoms with Gasteiger partial charge in [-0.1, -0.05) is 0 Å². The van der Waals surface area contributed by atoms with Crippen LogP contribution in [0.5, 0.6) is 0 Å². The predicted molar refractivity (Wildman–Crippen MR) is 64.3 cm³/mol. The third-order valence-corrected chi connectivity index (χ3v) is 3.41. The van der Waals surface area contributed by atoms with Crippen LogP contribution in [0, 0.1) is 5.92 Å². The maximum Gasteiger partial charge on any atom is 0.267 e. The third-order valence-electron chi connectivity index (χ3n) is 2.95. The molecule has 1 fully saturated rings. The fourth-order valence-corrected chi connectivity index (χ4v) is 2.21. The zero-order valence-corrected chi connectivity index (χ0v) is 10.7. The summed E-state index contributed by atoms with van der Waals surface area (Å²) in [5, 5.41) is 2.91. The van der Waals surface area contributed by atoms with Crippen molar-refractivity contribution in [3.8, 4) is 0 Å². The second kappa shape index (κ2) is 5.01. The number of hydrogen-bond donors (Lipinski definition) is 2. The Labute approximate surface area is 103 Å². The normalized spacial score (nSPS) is 24.6. The van der Waals surface area contributed by atoms with Crippen LogP contribution >= 0.6 is 15.9 Å². The molecule has 1 saturated heterocycles. The molecule has 1 aliphatic heterocycles. The van der Waals surface area contributed by atoms with Crippen molar-refractivity contribution in [3.63, 3.8) is 0 Å². The van der Waals surface area contributed by atoms with Crippen LogP contribution in [0.1, 0.15) is 23.8 Å². The molecule has 2 unspecified atom stereocenters. The number of halogens is 1. The van der Waals surface area contributed by atoms with Gasteiger partial charge in [-0.3, -0.25) is 4.79 Å². The van der Waals surface area contributed by atoms with Gasteiger partial charge in [0, 0.05) is 29.7 Å². The van der Waals surface area contributed by atoms with Gasteiger partial charge in [0.2, 0.25) is 0 Å². The predicted octanol–water partition coefficient (Wildman–Crippen LogP) is 1.93. The number of nitrogens with one attached hydrogen (secondary N) is 2. The lowest BCUT2D eigenvalue weighted by Gasteiger charge is -2.14. The van der Waals surface area contributed by atoms with Gasteiger partial charge < -0.3 is 15.0 Å². The Balaban J connectivity index is 1.84. The first-order valence-electron chi connectivity index (χ1n) is 5.40. The number of carbonyl (C=O) groups is 1. The molecule has 0 spiro atoms. The van der Waals surface area contributed by atoms with Crippen molar-refractivity contribution in [2.75, 3.05) is 13.2 Å². The van der Waals surface area contributed by atoms with E-state index in [4.69, 9.17) is 4.74 Å². The van der Waals surface area contributed by atoms with Crippen LogP contribution in [0.2, 0.25) is 0 Å². The van der Waals surface area contributed by atoms with Gasteiger partial charge in [0.05, 0.1) is 6.10 Å². The second-order valence-electron chi connectivity index (χ2n) is 4.07. The van der Waals surface area contributed by atoms with E-state index in [0.29, 0.717) is 18.2 Å². The summed E-state index contributed by atoms with van der Waals surface area (Å²) >= 11 is 3.30. The van der Waals surface area contributed by atoms with E-state index >= 15 is 0 Å². The maximum atomic E-state index is 11.7. The van der Waals surface area contributed by atoms with Crippen molar-refractivity contribution >= 4 is 21.8 Å². The molecule has 2 heterocycles. The molecule has 0 aliphatic carbocycles. The number of H-pyrrole nitrogens is 1. The highest BCUT2D eigenvalue weighted by molar-refractivity contribution is 9.10. The van der Waals surface area contributed by atoms with E-state index in [2.05, 4.69) is 33.2 Å². The topological polar surface area (TPSA) is 54.1 Å². The van der Waals surface area contributed by atoms with Gasteiger partial charge >= 0.3 is 0 Å². The lowest BCUT2D eigenvalue weighted by molar-refractivity contribution is 0.0903. The summed E-state index contributed by atoms with van der Waals surface area (Å²) in [5.74, 6) is 0.368. The van der Waals surface area contributed by atoms with Gasteiger partial charge in [-0.05, 0) is 35.3 Å². The van der Waals surface area contributed by atoms with Gasteiger partial charge in [0.15, 0.2) is 0 Å². The van der Waals surface area contributed by atoms with Crippen LogP contribution in [0.25, 0.3) is 0 Å². The van der Waals surface area contributed by atoms with E-state index in [1.807, 2.05) is 0 Å². The highest BCUT2D eigenvalue weighted by Crippen LogP contribution is 2.19. The zero-order valence-electron chi connectivity index (χ0n) is 9.13. The molecule has 2 rings (SSSR count). The average molecular weight is 287 g/mol. The average Bonchev–Trinajstić information content (AvgIpc) is 2.84. The van der Waals surface area contributed by atoms with E-state index in [0.717, 1.165) is 17.5 Å². The van der Waals surface area contributed by atoms with E-state index in [1.54, 1.807) is 12.3 Å². The monoisotopic (exact) mass is 286 g/mol. The quantitative estimate of drug-likeness (QED) is 0.892. The molecule has 88 valence electrons. The molecule has 2 N–H and O–H groups in total. The summed E-state index contributed by atoms with van der Waals surface area (Å²) in [5.41, 5.74) is 0.582. The Morgan fingerprint density at radius 3 is 3.12 bits per heavy atom. The second-order valence-corrected chi connectivity index (χ2v) is 4.98. The largest absolute Gasteiger partial charge is 0.378 e. The SMILES string of the molecule is CC1OCCC1CNC(=O)c1cc(Br)c[nH]1. The van der Waals surface area contributed by atoms with Crippen molar-refractivity contribution in [1.82, 2.24) is 10.3 Å². The van der Waals surface area contributed by atoms with Crippen LogP contribution in [0.15, 0.2) is 16.7 Å². The zero-order chi connectivity index (χ0) is 11.5. The highest BCUT2D eigenvalue weighted by Gasteiger charge is 2.24. The summed E-state index contributed by atoms with van der Waals surface area (Å²) in [7, 11) is 0. The number of hydrogen-bond acceptors (Lipinski definition) is 2. The van der Waals surface area contributed by atoms with E-state index < -0.39 is 0 Å². The maximum absolute atomic E-state index is 11.7. The van der Waals surface area contributed by atoms with Crippen LogP contribution < -0.4 is 5.32 Å². The fraction of sp³-hybridized carbons (Fsp3) is 0.545. The molecule has 0 saturated carbocycles. The van der Waals surface area contributed by atoms with E-state index in [9.17, 15) is 4.79 Å². The van der Waals surface area contributed by atoms with Gasteiger partial charge in [-0.2, -0.15) is 0 Å². The minimum absolute atomic E-state index is 0.0650. The number of aromatic amines is 1. The molecular weight excluding hydrogens is 272 g/mol. The van der Waals surface area contributed by atoms with Crippen molar-refractivity contribution in [2.45, 2.75) is 19.4 Å². The molecule has 16 heavy (non-hydrogen) atoms. The molecule has 1 aromatic rings. The molecule has 0 aromatic carbocycles. The highest BCUT2D eigenvalue weighted by atomic mass is 79.9. The van der Waals surface area contributed by atoms with Crippen molar-refractivity contribution < 1.29 is 9.53 Å². The first kappa shape index (κ1) is 11.7. The Kier molecular flexibility index (Phi) is 3.66. The summed E-state index contributed by atoms with van der Waals surface area (Å²) in [6.45, 7) is 3.53. The molecule has 0 radical (unpaired) electrons. The van der Waals surface area contributed by atoms with E-state index in [-0.39, 0.29) is 12.0 Å². The molecule has 5 heteroatoms. The van der Waals surface area contributed by atoms with Gasteiger partial charge in [0.1, 0.15) is 5.69 Å². The molecule has 2 atom stereocenters. The van der Waals surface area contributed by atoms with Crippen LogP contribution in [0.3, 0.4) is 0 Å². The van der Waals surface area contributed by atoms with Crippen molar-refractivity contribution in [1.29, 1.82) is 0 Å². The van der Waals surface area contributed by atoms with Crippen LogP contribution in [-0.4, -0.2) is 30.1 Å². The van der Waals surface area contributed by atoms with Gasteiger partial charge in [-0.15, -0.1) is 0 Å². The number of amides is 1. The number of carbonyl (C=O) groups excluding carboxylic acids is 1. The van der Waals surface area contributed by atoms with Crippen molar-refractivity contribution in [3.05, 3.63) is 22.4 Å². The first-order valence-corrected chi connectivity index (χ1v) is 6.20. The molecular formula is C11H15BrN2O2. The number of rotatable bonds is 3. The Morgan fingerprint density at radius 2 is 2.56 bits per heavy atom. The number of aromatic nitrogens is 1. The molecule has 4 nitrogen and oxygen atoms in total. The Morgan fingerprint density at radius 1 is 1.75 bits per heavy atom. The van der Waals surface area contributed by atoms with E-state index in [1.165, 1.54) is 0 Å². The lowest BCUT2D eigenvalue weighted by Crippen LogP contribution is -2.32. The molecule has 1 aliphatic rings. The van der Waals surface area contributed by atoms with Gasteiger partial charge in [-0.25, -0.2) is 0 Å². The fourth-order valence-electron chi connectivity index (χ4n) is 1.86. The summed E-state index contributed by atoms with van der Waals surface area (Å²) in [6, 6.07) is 1.77. The molecule has 1 aromatic heterocycles. The standard InChI is InChI=1S/C11H15BrN2O2/c1-7-8(2-3-16-7)5-14-11(15)10-4-9(12)6-13-10/h4,6-8,13H,2-3,5H2,1H3,(H,14,15). The van der Waals surface area contributed by atoms with Crippen LogP contribution in [0.4, 0.5) is 0 Å². The van der Waals surface area contributed by atoms with Crippen molar-refractivity contribution in [2.24, 2.45) is 5.92 Å². The lowest BCUT2D eigenvalue weighted by atomic mass is 10.0. The summed E-state index contributed by atoms with van der Waals surface area (Å²) in [6.07, 6.45) is 3.02.